The van der Waals surface area contributed by atoms with Crippen LogP contribution in [0.2, 0.25) is 0 Å². The molecule has 0 spiro atoms. The lowest BCUT2D eigenvalue weighted by Crippen LogP contribution is -2.09. The highest BCUT2D eigenvalue weighted by atomic mass is 19.1. The molecule has 2 rings (SSSR count). The quantitative estimate of drug-likeness (QED) is 0.851. The number of methoxy groups -OCH3 is 1. The summed E-state index contributed by atoms with van der Waals surface area (Å²) in [6.45, 7) is 2.05. The van der Waals surface area contributed by atoms with Gasteiger partial charge in [-0.05, 0) is 13.0 Å². The number of carbonyl (C=O) groups is 1. The molecule has 1 heterocycles. The molecule has 0 unspecified atom stereocenters. The number of aromatic nitrogens is 2. The number of esters is 1. The van der Waals surface area contributed by atoms with Crippen molar-refractivity contribution in [3.8, 4) is 5.75 Å². The molecule has 0 atom stereocenters. The molecule has 112 valence electrons. The Labute approximate surface area is 121 Å². The van der Waals surface area contributed by atoms with Crippen molar-refractivity contribution in [3.63, 3.8) is 0 Å². The van der Waals surface area contributed by atoms with Crippen LogP contribution in [0.3, 0.4) is 0 Å². The Morgan fingerprint density at radius 3 is 2.90 bits per heavy atom. The molecule has 0 fully saturated rings. The van der Waals surface area contributed by atoms with Gasteiger partial charge in [0.15, 0.2) is 17.3 Å². The van der Waals surface area contributed by atoms with E-state index < -0.39 is 11.8 Å². The van der Waals surface area contributed by atoms with E-state index in [1.165, 1.54) is 24.1 Å². The maximum absolute atomic E-state index is 14.1. The van der Waals surface area contributed by atoms with E-state index in [1.807, 2.05) is 0 Å². The summed E-state index contributed by atoms with van der Waals surface area (Å²) in [7, 11) is 1.40. The molecule has 0 saturated heterocycles. The highest BCUT2D eigenvalue weighted by Crippen LogP contribution is 2.21. The predicted octanol–water partition coefficient (Wildman–Crippen LogP) is 1.84. The average molecular weight is 293 g/mol. The normalized spacial score (nSPS) is 10.4. The smallest absolute Gasteiger partial charge is 0.361 e. The largest absolute Gasteiger partial charge is 0.494 e. The third kappa shape index (κ3) is 3.13. The zero-order valence-corrected chi connectivity index (χ0v) is 11.8. The van der Waals surface area contributed by atoms with Gasteiger partial charge < -0.3 is 15.2 Å². The topological polar surface area (TPSA) is 79.4 Å². The molecule has 0 bridgehead atoms. The van der Waals surface area contributed by atoms with Gasteiger partial charge >= 0.3 is 5.97 Å². The van der Waals surface area contributed by atoms with Crippen LogP contribution in [0.1, 0.15) is 23.0 Å². The zero-order valence-electron chi connectivity index (χ0n) is 11.8. The minimum absolute atomic E-state index is 0.0279. The number of nitrogen functional groups attached to an aromatic ring is 1. The van der Waals surface area contributed by atoms with E-state index in [9.17, 15) is 9.18 Å². The lowest BCUT2D eigenvalue weighted by Gasteiger charge is -2.07. The summed E-state index contributed by atoms with van der Waals surface area (Å²) in [5.41, 5.74) is 6.32. The molecule has 1 aromatic carbocycles. The Hall–Kier alpha value is -2.57. The Bertz CT molecular complexity index is 655. The fourth-order valence-corrected chi connectivity index (χ4v) is 1.89. The minimum Gasteiger partial charge on any atom is -0.494 e. The summed E-state index contributed by atoms with van der Waals surface area (Å²) in [5.74, 6) is -0.912. The summed E-state index contributed by atoms with van der Waals surface area (Å²) in [6.07, 6.45) is 1.46. The minimum atomic E-state index is -0.597. The Morgan fingerprint density at radius 2 is 2.24 bits per heavy atom. The Kier molecular flexibility index (Phi) is 4.42. The molecule has 2 aromatic rings. The molecular formula is C14H16FN3O3. The van der Waals surface area contributed by atoms with E-state index in [2.05, 4.69) is 5.10 Å². The Balaban J connectivity index is 2.25. The lowest BCUT2D eigenvalue weighted by atomic mass is 10.2. The second-order valence-electron chi connectivity index (χ2n) is 4.28. The van der Waals surface area contributed by atoms with Crippen molar-refractivity contribution < 1.29 is 18.7 Å². The fourth-order valence-electron chi connectivity index (χ4n) is 1.89. The molecule has 1 aromatic heterocycles. The van der Waals surface area contributed by atoms with Crippen LogP contribution in [-0.2, 0) is 11.3 Å². The number of rotatable bonds is 5. The zero-order chi connectivity index (χ0) is 15.4. The number of hydrogen-bond acceptors (Lipinski definition) is 5. The molecule has 0 aliphatic heterocycles. The van der Waals surface area contributed by atoms with E-state index >= 15 is 0 Å². The molecule has 2 N–H and O–H groups in total. The second kappa shape index (κ2) is 6.25. The first-order valence-corrected chi connectivity index (χ1v) is 6.38. The summed E-state index contributed by atoms with van der Waals surface area (Å²) >= 11 is 0. The van der Waals surface area contributed by atoms with Gasteiger partial charge in [0.2, 0.25) is 0 Å². The van der Waals surface area contributed by atoms with E-state index in [1.54, 1.807) is 19.1 Å². The van der Waals surface area contributed by atoms with Crippen LogP contribution in [-0.4, -0.2) is 29.5 Å². The number of nitrogens with two attached hydrogens (primary N) is 1. The third-order valence-electron chi connectivity index (χ3n) is 2.85. The van der Waals surface area contributed by atoms with Crippen molar-refractivity contribution in [2.45, 2.75) is 13.5 Å². The fraction of sp³-hybridized carbons (Fsp3) is 0.286. The number of ether oxygens (including phenoxy) is 2. The van der Waals surface area contributed by atoms with Gasteiger partial charge in [-0.15, -0.1) is 0 Å². The number of benzene rings is 1. The molecule has 7 heteroatoms. The van der Waals surface area contributed by atoms with E-state index in [4.69, 9.17) is 15.2 Å². The van der Waals surface area contributed by atoms with Crippen LogP contribution in [0.5, 0.6) is 5.75 Å². The highest BCUT2D eigenvalue weighted by molar-refractivity contribution is 5.92. The van der Waals surface area contributed by atoms with Crippen LogP contribution >= 0.6 is 0 Å². The predicted molar refractivity (Wildman–Crippen MR) is 74.6 cm³/mol. The highest BCUT2D eigenvalue weighted by Gasteiger charge is 2.17. The maximum atomic E-state index is 14.1. The SMILES string of the molecule is CCOC(=O)c1nn(Cc2cccc(OC)c2F)cc1N. The van der Waals surface area contributed by atoms with Gasteiger partial charge in [0.1, 0.15) is 0 Å². The van der Waals surface area contributed by atoms with Crippen molar-refractivity contribution in [3.05, 3.63) is 41.5 Å². The van der Waals surface area contributed by atoms with Crippen LogP contribution in [0.4, 0.5) is 10.1 Å². The first kappa shape index (κ1) is 14.8. The van der Waals surface area contributed by atoms with E-state index in [0.717, 1.165) is 0 Å². The number of carbonyl (C=O) groups excluding carboxylic acids is 1. The molecule has 0 amide bonds. The number of hydrogen-bond donors (Lipinski definition) is 1. The van der Waals surface area contributed by atoms with Crippen LogP contribution in [0, 0.1) is 5.82 Å². The third-order valence-corrected chi connectivity index (χ3v) is 2.85. The summed E-state index contributed by atoms with van der Waals surface area (Å²) in [5, 5.41) is 4.03. The molecule has 0 aliphatic carbocycles. The maximum Gasteiger partial charge on any atom is 0.361 e. The van der Waals surface area contributed by atoms with E-state index in [0.29, 0.717) is 5.56 Å². The Morgan fingerprint density at radius 1 is 1.48 bits per heavy atom. The first-order chi connectivity index (χ1) is 10.1. The molecule has 0 aliphatic rings. The monoisotopic (exact) mass is 293 g/mol. The standard InChI is InChI=1S/C14H16FN3O3/c1-3-21-14(19)13-10(16)8-18(17-13)7-9-5-4-6-11(20-2)12(9)15/h4-6,8H,3,7,16H2,1-2H3. The molecule has 6 nitrogen and oxygen atoms in total. The molecular weight excluding hydrogens is 277 g/mol. The van der Waals surface area contributed by atoms with E-state index in [-0.39, 0.29) is 30.3 Å². The average Bonchev–Trinajstić information content (AvgIpc) is 2.82. The first-order valence-electron chi connectivity index (χ1n) is 6.38. The van der Waals surface area contributed by atoms with Gasteiger partial charge in [-0.2, -0.15) is 5.10 Å². The number of halogens is 1. The molecule has 0 radical (unpaired) electrons. The van der Waals surface area contributed by atoms with Crippen molar-refractivity contribution in [2.24, 2.45) is 0 Å². The van der Waals surface area contributed by atoms with Crippen molar-refractivity contribution in [1.82, 2.24) is 9.78 Å². The van der Waals surface area contributed by atoms with Gasteiger partial charge in [-0.3, -0.25) is 4.68 Å². The van der Waals surface area contributed by atoms with Crippen LogP contribution < -0.4 is 10.5 Å². The summed E-state index contributed by atoms with van der Waals surface area (Å²) in [6, 6.07) is 4.82. The van der Waals surface area contributed by atoms with Gasteiger partial charge in [0.05, 0.1) is 25.9 Å². The van der Waals surface area contributed by atoms with Gasteiger partial charge in [-0.1, -0.05) is 12.1 Å². The number of nitrogens with zero attached hydrogens (tertiary/aromatic N) is 2. The van der Waals surface area contributed by atoms with Gasteiger partial charge in [0.25, 0.3) is 0 Å². The van der Waals surface area contributed by atoms with Crippen molar-refractivity contribution in [1.29, 1.82) is 0 Å². The molecule has 21 heavy (non-hydrogen) atoms. The van der Waals surface area contributed by atoms with Gasteiger partial charge in [0, 0.05) is 11.8 Å². The van der Waals surface area contributed by atoms with Gasteiger partial charge in [-0.25, -0.2) is 9.18 Å². The van der Waals surface area contributed by atoms with Crippen molar-refractivity contribution in [2.75, 3.05) is 19.5 Å². The summed E-state index contributed by atoms with van der Waals surface area (Å²) in [4.78, 5) is 11.6. The number of anilines is 1. The lowest BCUT2D eigenvalue weighted by molar-refractivity contribution is 0.0519. The van der Waals surface area contributed by atoms with Crippen molar-refractivity contribution >= 4 is 11.7 Å². The van der Waals surface area contributed by atoms with Crippen LogP contribution in [0.15, 0.2) is 24.4 Å². The van der Waals surface area contributed by atoms with Crippen LogP contribution in [0.25, 0.3) is 0 Å². The molecule has 0 saturated carbocycles. The summed E-state index contributed by atoms with van der Waals surface area (Å²) < 4.78 is 25.2. The second-order valence-corrected chi connectivity index (χ2v) is 4.28.